The van der Waals surface area contributed by atoms with Crippen molar-refractivity contribution in [1.29, 1.82) is 0 Å². The van der Waals surface area contributed by atoms with Crippen LogP contribution in [0, 0.1) is 5.82 Å². The second kappa shape index (κ2) is 6.57. The molecule has 3 rings (SSSR count). The predicted molar refractivity (Wildman–Crippen MR) is 84.0 cm³/mol. The predicted octanol–water partition coefficient (Wildman–Crippen LogP) is 3.82. The SMILES string of the molecule is Fc1cccc(CNc2ccc(N3CCCCC3)nc2)c1. The van der Waals surface area contributed by atoms with Crippen LogP contribution in [0.3, 0.4) is 0 Å². The molecular formula is C17H20FN3. The zero-order valence-electron chi connectivity index (χ0n) is 12.1. The highest BCUT2D eigenvalue weighted by Crippen LogP contribution is 2.19. The Morgan fingerprint density at radius 3 is 2.67 bits per heavy atom. The summed E-state index contributed by atoms with van der Waals surface area (Å²) >= 11 is 0. The Labute approximate surface area is 124 Å². The standard InChI is InChI=1S/C17H20FN3/c18-15-6-4-5-14(11-15)12-19-16-7-8-17(20-13-16)21-9-2-1-3-10-21/h4-8,11,13,19H,1-3,9-10,12H2. The van der Waals surface area contributed by atoms with Crippen LogP contribution in [0.2, 0.25) is 0 Å². The molecule has 2 heterocycles. The van der Waals surface area contributed by atoms with Gasteiger partial charge >= 0.3 is 0 Å². The normalized spacial score (nSPS) is 15.0. The van der Waals surface area contributed by atoms with Gasteiger partial charge in [0.1, 0.15) is 11.6 Å². The van der Waals surface area contributed by atoms with Gasteiger partial charge in [0.2, 0.25) is 0 Å². The van der Waals surface area contributed by atoms with Crippen molar-refractivity contribution in [2.75, 3.05) is 23.3 Å². The average molecular weight is 285 g/mol. The number of hydrogen-bond acceptors (Lipinski definition) is 3. The fraction of sp³-hybridized carbons (Fsp3) is 0.353. The number of anilines is 2. The van der Waals surface area contributed by atoms with E-state index in [-0.39, 0.29) is 5.82 Å². The minimum absolute atomic E-state index is 0.201. The van der Waals surface area contributed by atoms with Gasteiger partial charge < -0.3 is 10.2 Å². The molecule has 1 saturated heterocycles. The Morgan fingerprint density at radius 2 is 1.95 bits per heavy atom. The zero-order chi connectivity index (χ0) is 14.5. The Kier molecular flexibility index (Phi) is 4.34. The highest BCUT2D eigenvalue weighted by atomic mass is 19.1. The molecule has 1 aromatic carbocycles. The molecule has 1 N–H and O–H groups in total. The van der Waals surface area contributed by atoms with E-state index in [0.717, 1.165) is 30.2 Å². The summed E-state index contributed by atoms with van der Waals surface area (Å²) in [6, 6.07) is 10.7. The lowest BCUT2D eigenvalue weighted by Crippen LogP contribution is -2.30. The number of benzene rings is 1. The van der Waals surface area contributed by atoms with E-state index >= 15 is 0 Å². The third-order valence-electron chi connectivity index (χ3n) is 3.81. The van der Waals surface area contributed by atoms with Crippen molar-refractivity contribution < 1.29 is 4.39 Å². The molecule has 0 atom stereocenters. The quantitative estimate of drug-likeness (QED) is 0.925. The van der Waals surface area contributed by atoms with Crippen molar-refractivity contribution in [3.63, 3.8) is 0 Å². The maximum Gasteiger partial charge on any atom is 0.128 e. The summed E-state index contributed by atoms with van der Waals surface area (Å²) in [6.07, 6.45) is 5.68. The first-order valence-corrected chi connectivity index (χ1v) is 7.50. The molecule has 110 valence electrons. The largest absolute Gasteiger partial charge is 0.380 e. The molecule has 1 fully saturated rings. The number of halogens is 1. The molecule has 0 radical (unpaired) electrons. The highest BCUT2D eigenvalue weighted by Gasteiger charge is 2.11. The van der Waals surface area contributed by atoms with Crippen LogP contribution in [-0.4, -0.2) is 18.1 Å². The summed E-state index contributed by atoms with van der Waals surface area (Å²) in [5.74, 6) is 0.846. The van der Waals surface area contributed by atoms with Gasteiger partial charge in [0, 0.05) is 19.6 Å². The summed E-state index contributed by atoms with van der Waals surface area (Å²) in [7, 11) is 0. The van der Waals surface area contributed by atoms with E-state index in [1.165, 1.54) is 25.3 Å². The first-order chi connectivity index (χ1) is 10.3. The van der Waals surface area contributed by atoms with Crippen LogP contribution >= 0.6 is 0 Å². The molecular weight excluding hydrogens is 265 g/mol. The van der Waals surface area contributed by atoms with Crippen molar-refractivity contribution in [2.24, 2.45) is 0 Å². The first kappa shape index (κ1) is 13.9. The van der Waals surface area contributed by atoms with Crippen LogP contribution in [0.15, 0.2) is 42.6 Å². The van der Waals surface area contributed by atoms with Crippen LogP contribution in [0.25, 0.3) is 0 Å². The number of nitrogens with one attached hydrogen (secondary N) is 1. The number of aromatic nitrogens is 1. The van der Waals surface area contributed by atoms with E-state index in [2.05, 4.69) is 21.3 Å². The fourth-order valence-electron chi connectivity index (χ4n) is 2.65. The van der Waals surface area contributed by atoms with E-state index in [1.807, 2.05) is 18.3 Å². The monoisotopic (exact) mass is 285 g/mol. The van der Waals surface area contributed by atoms with Gasteiger partial charge in [0.05, 0.1) is 11.9 Å². The third-order valence-corrected chi connectivity index (χ3v) is 3.81. The number of rotatable bonds is 4. The van der Waals surface area contributed by atoms with Crippen LogP contribution in [0.1, 0.15) is 24.8 Å². The third kappa shape index (κ3) is 3.72. The summed E-state index contributed by atoms with van der Waals surface area (Å²) < 4.78 is 13.1. The van der Waals surface area contributed by atoms with E-state index in [9.17, 15) is 4.39 Å². The lowest BCUT2D eigenvalue weighted by atomic mass is 10.1. The van der Waals surface area contributed by atoms with Gasteiger partial charge in [-0.15, -0.1) is 0 Å². The molecule has 3 nitrogen and oxygen atoms in total. The van der Waals surface area contributed by atoms with Gasteiger partial charge in [0.15, 0.2) is 0 Å². The second-order valence-corrected chi connectivity index (χ2v) is 5.44. The molecule has 0 amide bonds. The molecule has 0 aliphatic carbocycles. The second-order valence-electron chi connectivity index (χ2n) is 5.44. The summed E-state index contributed by atoms with van der Waals surface area (Å²) in [6.45, 7) is 2.80. The molecule has 0 bridgehead atoms. The van der Waals surface area contributed by atoms with Crippen molar-refractivity contribution in [3.8, 4) is 0 Å². The maximum atomic E-state index is 13.1. The summed E-state index contributed by atoms with van der Waals surface area (Å²) in [4.78, 5) is 6.85. The van der Waals surface area contributed by atoms with Gasteiger partial charge in [-0.1, -0.05) is 12.1 Å². The van der Waals surface area contributed by atoms with Crippen molar-refractivity contribution in [2.45, 2.75) is 25.8 Å². The van der Waals surface area contributed by atoms with E-state index in [4.69, 9.17) is 0 Å². The lowest BCUT2D eigenvalue weighted by molar-refractivity contribution is 0.573. The molecule has 1 aliphatic heterocycles. The lowest BCUT2D eigenvalue weighted by Gasteiger charge is -2.27. The summed E-state index contributed by atoms with van der Waals surface area (Å²) in [5, 5.41) is 3.27. The van der Waals surface area contributed by atoms with Gasteiger partial charge in [-0.25, -0.2) is 9.37 Å². The first-order valence-electron chi connectivity index (χ1n) is 7.50. The van der Waals surface area contributed by atoms with Crippen LogP contribution in [0.4, 0.5) is 15.9 Å². The Balaban J connectivity index is 1.59. The molecule has 21 heavy (non-hydrogen) atoms. The molecule has 0 unspecified atom stereocenters. The number of nitrogens with zero attached hydrogens (tertiary/aromatic N) is 2. The van der Waals surface area contributed by atoms with Crippen LogP contribution in [-0.2, 0) is 6.54 Å². The molecule has 0 spiro atoms. The van der Waals surface area contributed by atoms with Crippen molar-refractivity contribution in [1.82, 2.24) is 4.98 Å². The topological polar surface area (TPSA) is 28.2 Å². The minimum atomic E-state index is -0.201. The van der Waals surface area contributed by atoms with Gasteiger partial charge in [-0.05, 0) is 49.1 Å². The molecule has 4 heteroatoms. The van der Waals surface area contributed by atoms with E-state index in [0.29, 0.717) is 6.54 Å². The van der Waals surface area contributed by atoms with Crippen molar-refractivity contribution in [3.05, 3.63) is 54.0 Å². The van der Waals surface area contributed by atoms with Gasteiger partial charge in [-0.2, -0.15) is 0 Å². The zero-order valence-corrected chi connectivity index (χ0v) is 12.1. The molecule has 0 saturated carbocycles. The van der Waals surface area contributed by atoms with E-state index in [1.54, 1.807) is 12.1 Å². The summed E-state index contributed by atoms with van der Waals surface area (Å²) in [5.41, 5.74) is 1.88. The highest BCUT2D eigenvalue weighted by molar-refractivity contribution is 5.49. The van der Waals surface area contributed by atoms with Gasteiger partial charge in [-0.3, -0.25) is 0 Å². The van der Waals surface area contributed by atoms with E-state index < -0.39 is 0 Å². The van der Waals surface area contributed by atoms with Crippen LogP contribution < -0.4 is 10.2 Å². The Bertz CT molecular complexity index is 577. The minimum Gasteiger partial charge on any atom is -0.380 e. The maximum absolute atomic E-state index is 13.1. The van der Waals surface area contributed by atoms with Crippen molar-refractivity contribution >= 4 is 11.5 Å². The Hall–Kier alpha value is -2.10. The molecule has 1 aliphatic rings. The average Bonchev–Trinajstić information content (AvgIpc) is 2.54. The molecule has 2 aromatic rings. The number of pyridine rings is 1. The Morgan fingerprint density at radius 1 is 1.10 bits per heavy atom. The smallest absolute Gasteiger partial charge is 0.128 e. The fourth-order valence-corrected chi connectivity index (χ4v) is 2.65. The number of piperidine rings is 1. The van der Waals surface area contributed by atoms with Crippen LogP contribution in [0.5, 0.6) is 0 Å². The van der Waals surface area contributed by atoms with Gasteiger partial charge in [0.25, 0.3) is 0 Å². The molecule has 1 aromatic heterocycles. The number of hydrogen-bond donors (Lipinski definition) is 1.